The molecule has 20 rings (SSSR count). The number of carbonyl (C=O) groups excluding carboxylic acids is 2. The number of terminal acetylenes is 1. The maximum absolute atomic E-state index is 13.4. The Kier molecular flexibility index (Phi) is 44.4. The molecule has 0 aliphatic carbocycles. The summed E-state index contributed by atoms with van der Waals surface area (Å²) in [6, 6.07) is 154. The number of hydrogen-bond donors (Lipinski definition) is 6. The molecule has 0 saturated carbocycles. The first-order valence-corrected chi connectivity index (χ1v) is 55.0. The minimum absolute atomic E-state index is 0. The van der Waals surface area contributed by atoms with E-state index in [1.54, 1.807) is 60.7 Å². The average molecular weight is 2280 g/mol. The van der Waals surface area contributed by atoms with Crippen molar-refractivity contribution in [1.29, 1.82) is 0 Å². The number of rotatable bonds is 26. The molecule has 2 fully saturated rings. The number of methoxy groups -OCH3 is 2. The van der Waals surface area contributed by atoms with E-state index in [9.17, 15) is 35.9 Å². The zero-order chi connectivity index (χ0) is 104. The van der Waals surface area contributed by atoms with Gasteiger partial charge in [-0.1, -0.05) is 388 Å². The van der Waals surface area contributed by atoms with Crippen LogP contribution < -0.4 is 106 Å². The van der Waals surface area contributed by atoms with E-state index in [2.05, 4.69) is 403 Å². The molecule has 0 unspecified atom stereocenters. The van der Waals surface area contributed by atoms with Crippen molar-refractivity contribution >= 4 is 174 Å². The van der Waals surface area contributed by atoms with Crippen LogP contribution in [0.1, 0.15) is 52.1 Å². The van der Waals surface area contributed by atoms with Gasteiger partial charge in [0.2, 0.25) is 11.8 Å². The largest absolute Gasteiger partial charge is 0.495 e. The smallest absolute Gasteiger partial charge is 0.406 e. The summed E-state index contributed by atoms with van der Waals surface area (Å²) in [5.74, 6) is 8.10. The number of nitrogens with two attached hydrogens (primary N) is 2. The molecule has 766 valence electrons. The van der Waals surface area contributed by atoms with Crippen molar-refractivity contribution in [2.45, 2.75) is 63.2 Å². The number of aromatic nitrogens is 2. The molecule has 0 radical (unpaired) electrons. The number of alkyl halides is 6. The average Bonchev–Trinajstić information content (AvgIpc) is 1.63. The molecule has 4 heterocycles. The molecule has 26 heteroatoms. The van der Waals surface area contributed by atoms with Crippen molar-refractivity contribution in [3.05, 3.63) is 469 Å². The molecule has 14 nitrogen and oxygen atoms in total. The first-order chi connectivity index (χ1) is 72.7. The van der Waals surface area contributed by atoms with Crippen LogP contribution in [-0.2, 0) is 43.0 Å². The van der Waals surface area contributed by atoms with E-state index in [0.29, 0.717) is 74.2 Å². The maximum atomic E-state index is 13.4. The fraction of sp³-hybridized carbons (Fsp3) is 0.145. The van der Waals surface area contributed by atoms with Crippen LogP contribution in [0.2, 0.25) is 0 Å². The summed E-state index contributed by atoms with van der Waals surface area (Å²) < 4.78 is 103. The zero-order valence-electron chi connectivity index (χ0n) is 82.7. The van der Waals surface area contributed by atoms with Crippen LogP contribution in [0.3, 0.4) is 0 Å². The van der Waals surface area contributed by atoms with Gasteiger partial charge in [0.1, 0.15) is 24.6 Å². The molecule has 18 aromatic rings. The normalized spacial score (nSPS) is 12.2. The quantitative estimate of drug-likeness (QED) is 0.0100. The van der Waals surface area contributed by atoms with Crippen LogP contribution >= 0.6 is 54.3 Å². The van der Waals surface area contributed by atoms with Gasteiger partial charge >= 0.3 is 12.4 Å². The molecular weight excluding hydrogens is 2170 g/mol. The predicted octanol–water partition coefficient (Wildman–Crippen LogP) is 23.4. The van der Waals surface area contributed by atoms with E-state index in [-0.39, 0.29) is 38.7 Å². The second-order valence-electron chi connectivity index (χ2n) is 34.1. The van der Waals surface area contributed by atoms with Gasteiger partial charge in [0, 0.05) is 92.2 Å². The molecular formula is C124H115F6IN8O6P4Pd. The van der Waals surface area contributed by atoms with E-state index >= 15 is 0 Å². The number of nitrogens with zero attached hydrogens (tertiary/aromatic N) is 2. The minimum atomic E-state index is -4.40. The number of nitrogens with one attached hydrogen (secondary N) is 4. The number of ether oxygens (including phenoxy) is 4. The monoisotopic (exact) mass is 2280 g/mol. The van der Waals surface area contributed by atoms with Crippen LogP contribution in [0.15, 0.2) is 449 Å². The number of anilines is 4. The molecule has 2 aromatic heterocycles. The summed E-state index contributed by atoms with van der Waals surface area (Å²) in [5.41, 5.74) is 15.5. The van der Waals surface area contributed by atoms with Crippen LogP contribution in [0.5, 0.6) is 11.5 Å². The van der Waals surface area contributed by atoms with Gasteiger partial charge in [-0.15, -0.1) is 6.42 Å². The maximum Gasteiger partial charge on any atom is 0.406 e. The van der Waals surface area contributed by atoms with E-state index in [0.717, 1.165) is 61.3 Å². The standard InChI is InChI=1S/C26H27F3N4O3.4C18H15P.C15H16F3IN2O.C11H12N2O2.Pd/c1-35-24-14-17(25(30)34)7-8-22(24)31-11-3-4-19-15-20-21(32-18-9-12-36-13-10-18)5-2-6-23(20)33(19)16-26(27,28)29;4*1-4-10-16(11-5-1)19(17-12-6-2-7-13-17)18-14-8-3-9-15-18;16-15(17,18)9-21-13-3-1-2-12(11(13)8-14(21)19)20-10-4-6-22-7-5-10;1-3-6-13-9-5-4-8(11(12)14)7-10(9)15-2;/h2,5-8,14-15,18,31-32H,9-13,16H2,1H3,(H2,30,34);4*1-15H;1-3,8,10,20H,4-7,9H2;1,4-5,7,13H,6H2,2H3,(H2,12,14);. The molecule has 150 heavy (non-hydrogen) atoms. The van der Waals surface area contributed by atoms with Crippen molar-refractivity contribution in [3.8, 4) is 35.7 Å². The Morgan fingerprint density at radius 3 is 0.860 bits per heavy atom. The van der Waals surface area contributed by atoms with Crippen LogP contribution in [-0.4, -0.2) is 99.1 Å². The molecule has 8 N–H and O–H groups in total. The Bertz CT molecular complexity index is 6430. The molecule has 0 bridgehead atoms. The summed E-state index contributed by atoms with van der Waals surface area (Å²) in [6.45, 7) is 1.19. The zero-order valence-corrected chi connectivity index (χ0v) is 90.0. The third-order valence-corrected chi connectivity index (χ3v) is 34.5. The van der Waals surface area contributed by atoms with Gasteiger partial charge in [-0.25, -0.2) is 0 Å². The van der Waals surface area contributed by atoms with Crippen LogP contribution in [0.4, 0.5) is 49.1 Å². The molecule has 2 aliphatic heterocycles. The van der Waals surface area contributed by atoms with Gasteiger partial charge in [-0.2, -0.15) is 26.3 Å². The van der Waals surface area contributed by atoms with Crippen molar-refractivity contribution < 1.29 is 75.3 Å². The van der Waals surface area contributed by atoms with Crippen molar-refractivity contribution in [1.82, 2.24) is 9.13 Å². The van der Waals surface area contributed by atoms with Gasteiger partial charge in [0.25, 0.3) is 0 Å². The molecule has 2 saturated heterocycles. The van der Waals surface area contributed by atoms with Crippen LogP contribution in [0, 0.1) is 27.9 Å². The predicted molar refractivity (Wildman–Crippen MR) is 620 cm³/mol. The third-order valence-electron chi connectivity index (χ3n) is 23.8. The van der Waals surface area contributed by atoms with E-state index in [1.807, 2.05) is 40.8 Å². The number of primary amides is 2. The van der Waals surface area contributed by atoms with Crippen LogP contribution in [0.25, 0.3) is 21.8 Å². The van der Waals surface area contributed by atoms with Gasteiger partial charge in [0.05, 0.1) is 59.1 Å². The van der Waals surface area contributed by atoms with Crippen molar-refractivity contribution in [2.75, 3.05) is 75.0 Å². The fourth-order valence-corrected chi connectivity index (χ4v) is 26.8. The molecule has 0 spiro atoms. The summed E-state index contributed by atoms with van der Waals surface area (Å²) in [4.78, 5) is 22.3. The number of fused-ring (bicyclic) bond motifs is 2. The number of hydrogen-bond acceptors (Lipinski definition) is 10. The Morgan fingerprint density at radius 1 is 0.353 bits per heavy atom. The Balaban J connectivity index is 0.000000148. The van der Waals surface area contributed by atoms with E-state index in [4.69, 9.17) is 36.8 Å². The molecule has 2 aliphatic rings. The van der Waals surface area contributed by atoms with Crippen molar-refractivity contribution in [3.63, 3.8) is 0 Å². The Labute approximate surface area is 906 Å². The van der Waals surface area contributed by atoms with Crippen molar-refractivity contribution in [2.24, 2.45) is 11.5 Å². The molecule has 16 aromatic carbocycles. The van der Waals surface area contributed by atoms with Gasteiger partial charge in [0.15, 0.2) is 0 Å². The second-order valence-corrected chi connectivity index (χ2v) is 44.1. The fourth-order valence-electron chi connectivity index (χ4n) is 16.8. The second kappa shape index (κ2) is 58.9. The summed E-state index contributed by atoms with van der Waals surface area (Å²) in [5, 5.41) is 31.2. The Morgan fingerprint density at radius 2 is 0.607 bits per heavy atom. The SMILES string of the molecule is C#CCNc1ccc(C(N)=O)cc1OC.COc1cc(C(N)=O)ccc1NCC#Cc1cc2c(NC3CCOCC3)cccc2n1CC(F)(F)F.FC(F)(F)Cn1c(I)cc2c(NC3CCOCC3)cccc21.[Pd].c1ccc(P(c2ccccc2)c2ccccc2)cc1.c1ccc(P(c2ccccc2)c2ccccc2)cc1.c1ccc(P(c2ccccc2)c2ccccc2)cc1.c1ccc(P(c2ccccc2)c2ccccc2)cc1. The number of carbonyl (C=O) groups is 2. The topological polar surface area (TPSA) is 181 Å². The first-order valence-electron chi connectivity index (χ1n) is 48.6. The third kappa shape index (κ3) is 33.8. The number of benzene rings is 16. The van der Waals surface area contributed by atoms with Gasteiger partial charge in [-0.3, -0.25) is 9.59 Å². The molecule has 2 amide bonds. The summed E-state index contributed by atoms with van der Waals surface area (Å²) in [7, 11) is 1.19. The van der Waals surface area contributed by atoms with E-state index in [1.165, 1.54) is 93.1 Å². The van der Waals surface area contributed by atoms with Gasteiger partial charge < -0.3 is 60.8 Å². The minimum Gasteiger partial charge on any atom is -0.495 e. The number of halogens is 7. The number of amides is 2. The first kappa shape index (κ1) is 113. The van der Waals surface area contributed by atoms with Gasteiger partial charge in [-0.05, 0) is 222 Å². The summed E-state index contributed by atoms with van der Waals surface area (Å²) >= 11 is 1.96. The Hall–Kier alpha value is -13.9. The summed E-state index contributed by atoms with van der Waals surface area (Å²) in [6.07, 6.45) is -0.0128. The van der Waals surface area contributed by atoms with E-state index < -0.39 is 68.9 Å². The molecule has 0 atom stereocenters.